The largest absolute Gasteiger partial charge is 0.368 e. The summed E-state index contributed by atoms with van der Waals surface area (Å²) < 4.78 is 28.0. The van der Waals surface area contributed by atoms with Crippen LogP contribution in [0.15, 0.2) is 90.0 Å². The molecule has 1 aromatic heterocycles. The van der Waals surface area contributed by atoms with Gasteiger partial charge in [0.15, 0.2) is 0 Å². The third kappa shape index (κ3) is 3.97. The molecule has 32 heavy (non-hydrogen) atoms. The number of pyridine rings is 1. The minimum Gasteiger partial charge on any atom is -0.368 e. The van der Waals surface area contributed by atoms with Gasteiger partial charge in [0.2, 0.25) is 10.0 Å². The standard InChI is InChI=1S/C25H22ClN3O2S/c26-21-8-11-23-24(18-21)27-13-12-25(23)28-14-16-29(17-15-28)32(30,31)22-9-6-20(7-10-22)19-4-2-1-3-5-19/h1-13,18H,14-17H2. The van der Waals surface area contributed by atoms with Gasteiger partial charge in [0.1, 0.15) is 0 Å². The molecule has 0 unspecified atom stereocenters. The predicted octanol–water partition coefficient (Wildman–Crippen LogP) is 5.07. The van der Waals surface area contributed by atoms with Crippen molar-refractivity contribution in [3.8, 4) is 11.1 Å². The van der Waals surface area contributed by atoms with Crippen molar-refractivity contribution in [1.82, 2.24) is 9.29 Å². The van der Waals surface area contributed by atoms with Crippen LogP contribution in [0.25, 0.3) is 22.0 Å². The van der Waals surface area contributed by atoms with Gasteiger partial charge in [0.05, 0.1) is 10.4 Å². The van der Waals surface area contributed by atoms with E-state index in [9.17, 15) is 8.42 Å². The molecule has 0 bridgehead atoms. The molecular weight excluding hydrogens is 442 g/mol. The minimum atomic E-state index is -3.54. The number of hydrogen-bond acceptors (Lipinski definition) is 4. The molecule has 1 aliphatic heterocycles. The third-order valence-corrected chi connectivity index (χ3v) is 8.01. The van der Waals surface area contributed by atoms with Crippen LogP contribution in [-0.2, 0) is 10.0 Å². The van der Waals surface area contributed by atoms with Crippen LogP contribution in [0, 0.1) is 0 Å². The average molecular weight is 464 g/mol. The molecule has 1 saturated heterocycles. The van der Waals surface area contributed by atoms with Crippen molar-refractivity contribution in [3.63, 3.8) is 0 Å². The molecule has 3 aromatic carbocycles. The molecule has 7 heteroatoms. The van der Waals surface area contributed by atoms with E-state index in [0.717, 1.165) is 27.7 Å². The van der Waals surface area contributed by atoms with Gasteiger partial charge >= 0.3 is 0 Å². The minimum absolute atomic E-state index is 0.328. The van der Waals surface area contributed by atoms with Crippen molar-refractivity contribution in [2.75, 3.05) is 31.1 Å². The Hall–Kier alpha value is -2.93. The van der Waals surface area contributed by atoms with Gasteiger partial charge in [-0.15, -0.1) is 0 Å². The fourth-order valence-corrected chi connectivity index (χ4v) is 5.74. The molecule has 2 heterocycles. The van der Waals surface area contributed by atoms with E-state index in [-0.39, 0.29) is 0 Å². The first-order chi connectivity index (χ1) is 15.5. The van der Waals surface area contributed by atoms with Gasteiger partial charge in [-0.1, -0.05) is 54.1 Å². The fraction of sp³-hybridized carbons (Fsp3) is 0.160. The summed E-state index contributed by atoms with van der Waals surface area (Å²) in [6.07, 6.45) is 1.77. The number of aromatic nitrogens is 1. The van der Waals surface area contributed by atoms with Crippen molar-refractivity contribution in [2.45, 2.75) is 4.90 Å². The normalized spacial score (nSPS) is 15.2. The smallest absolute Gasteiger partial charge is 0.243 e. The van der Waals surface area contributed by atoms with Crippen LogP contribution in [-0.4, -0.2) is 43.9 Å². The molecule has 4 aromatic rings. The number of piperazine rings is 1. The first-order valence-corrected chi connectivity index (χ1v) is 12.3. The predicted molar refractivity (Wildman–Crippen MR) is 130 cm³/mol. The van der Waals surface area contributed by atoms with Gasteiger partial charge in [-0.3, -0.25) is 4.98 Å². The summed E-state index contributed by atoms with van der Waals surface area (Å²) in [6.45, 7) is 2.09. The lowest BCUT2D eigenvalue weighted by Crippen LogP contribution is -2.48. The molecule has 5 rings (SSSR count). The second kappa shape index (κ2) is 8.54. The van der Waals surface area contributed by atoms with Crippen molar-refractivity contribution in [2.24, 2.45) is 0 Å². The molecule has 0 amide bonds. The summed E-state index contributed by atoms with van der Waals surface area (Å²) in [5.74, 6) is 0. The van der Waals surface area contributed by atoms with E-state index in [0.29, 0.717) is 36.1 Å². The van der Waals surface area contributed by atoms with Crippen LogP contribution in [0.3, 0.4) is 0 Å². The van der Waals surface area contributed by atoms with Crippen molar-refractivity contribution < 1.29 is 8.42 Å². The zero-order valence-electron chi connectivity index (χ0n) is 17.4. The summed E-state index contributed by atoms with van der Waals surface area (Å²) in [6, 6.07) is 24.7. The zero-order valence-corrected chi connectivity index (χ0v) is 18.9. The number of nitrogens with zero attached hydrogens (tertiary/aromatic N) is 3. The molecule has 0 spiro atoms. The highest BCUT2D eigenvalue weighted by molar-refractivity contribution is 7.89. The van der Waals surface area contributed by atoms with Gasteiger partial charge < -0.3 is 4.90 Å². The molecule has 0 atom stereocenters. The number of anilines is 1. The fourth-order valence-electron chi connectivity index (χ4n) is 4.15. The first kappa shape index (κ1) is 20.9. The Morgan fingerprint density at radius 1 is 0.781 bits per heavy atom. The average Bonchev–Trinajstić information content (AvgIpc) is 2.84. The molecule has 0 N–H and O–H groups in total. The summed E-state index contributed by atoms with van der Waals surface area (Å²) in [5, 5.41) is 1.67. The Morgan fingerprint density at radius 2 is 1.47 bits per heavy atom. The van der Waals surface area contributed by atoms with E-state index in [4.69, 9.17) is 11.6 Å². The molecule has 5 nitrogen and oxygen atoms in total. The Morgan fingerprint density at radius 3 is 2.19 bits per heavy atom. The van der Waals surface area contributed by atoms with E-state index in [1.807, 2.05) is 66.7 Å². The molecule has 1 aliphatic rings. The van der Waals surface area contributed by atoms with Gasteiger partial charge in [-0.05, 0) is 47.5 Å². The summed E-state index contributed by atoms with van der Waals surface area (Å²) in [7, 11) is -3.54. The lowest BCUT2D eigenvalue weighted by atomic mass is 10.1. The lowest BCUT2D eigenvalue weighted by molar-refractivity contribution is 0.385. The summed E-state index contributed by atoms with van der Waals surface area (Å²) in [5.41, 5.74) is 3.95. The maximum Gasteiger partial charge on any atom is 0.243 e. The highest BCUT2D eigenvalue weighted by Crippen LogP contribution is 2.29. The number of benzene rings is 3. The van der Waals surface area contributed by atoms with Gasteiger partial charge in [-0.2, -0.15) is 4.31 Å². The molecule has 0 aliphatic carbocycles. The quantitative estimate of drug-likeness (QED) is 0.424. The summed E-state index contributed by atoms with van der Waals surface area (Å²) in [4.78, 5) is 6.94. The van der Waals surface area contributed by atoms with Crippen LogP contribution in [0.4, 0.5) is 5.69 Å². The first-order valence-electron chi connectivity index (χ1n) is 10.5. The van der Waals surface area contributed by atoms with E-state index < -0.39 is 10.0 Å². The van der Waals surface area contributed by atoms with E-state index in [1.165, 1.54) is 0 Å². The Labute approximate surface area is 192 Å². The van der Waals surface area contributed by atoms with E-state index in [1.54, 1.807) is 22.6 Å². The monoisotopic (exact) mass is 463 g/mol. The molecule has 1 fully saturated rings. The number of halogens is 1. The zero-order chi connectivity index (χ0) is 22.1. The van der Waals surface area contributed by atoms with Crippen LogP contribution in [0.5, 0.6) is 0 Å². The van der Waals surface area contributed by atoms with Gasteiger partial charge in [-0.25, -0.2) is 8.42 Å². The number of hydrogen-bond donors (Lipinski definition) is 0. The Kier molecular flexibility index (Phi) is 5.59. The third-order valence-electron chi connectivity index (χ3n) is 5.86. The number of sulfonamides is 1. The molecule has 0 radical (unpaired) electrons. The number of fused-ring (bicyclic) bond motifs is 1. The molecule has 162 valence electrons. The SMILES string of the molecule is O=S(=O)(c1ccc(-c2ccccc2)cc1)N1CCN(c2ccnc3cc(Cl)ccc23)CC1. The Balaban J connectivity index is 1.33. The van der Waals surface area contributed by atoms with Crippen molar-refractivity contribution >= 4 is 38.2 Å². The Bertz CT molecular complexity index is 1350. The van der Waals surface area contributed by atoms with Gasteiger partial charge in [0.25, 0.3) is 0 Å². The number of rotatable bonds is 4. The highest BCUT2D eigenvalue weighted by atomic mass is 35.5. The second-order valence-electron chi connectivity index (χ2n) is 7.77. The van der Waals surface area contributed by atoms with Crippen LogP contribution in [0.1, 0.15) is 0 Å². The van der Waals surface area contributed by atoms with E-state index >= 15 is 0 Å². The maximum absolute atomic E-state index is 13.2. The topological polar surface area (TPSA) is 53.5 Å². The second-order valence-corrected chi connectivity index (χ2v) is 10.1. The molecular formula is C25H22ClN3O2S. The van der Waals surface area contributed by atoms with Crippen LogP contribution in [0.2, 0.25) is 5.02 Å². The highest BCUT2D eigenvalue weighted by Gasteiger charge is 2.29. The van der Waals surface area contributed by atoms with E-state index in [2.05, 4.69) is 9.88 Å². The molecule has 0 saturated carbocycles. The van der Waals surface area contributed by atoms with Crippen molar-refractivity contribution in [1.29, 1.82) is 0 Å². The van der Waals surface area contributed by atoms with Crippen molar-refractivity contribution in [3.05, 3.63) is 90.1 Å². The lowest BCUT2D eigenvalue weighted by Gasteiger charge is -2.35. The maximum atomic E-state index is 13.2. The van der Waals surface area contributed by atoms with Gasteiger partial charge in [0, 0.05) is 48.5 Å². The van der Waals surface area contributed by atoms with Crippen LogP contribution >= 0.6 is 11.6 Å². The summed E-state index contributed by atoms with van der Waals surface area (Å²) >= 11 is 6.10. The van der Waals surface area contributed by atoms with Crippen LogP contribution < -0.4 is 4.90 Å².